The minimum Gasteiger partial charge on any atom is -0.301 e. The van der Waals surface area contributed by atoms with Crippen LogP contribution in [0.5, 0.6) is 0 Å². The van der Waals surface area contributed by atoms with Crippen LogP contribution in [-0.2, 0) is 13.0 Å². The van der Waals surface area contributed by atoms with Gasteiger partial charge in [-0.2, -0.15) is 4.52 Å². The third kappa shape index (κ3) is 3.53. The summed E-state index contributed by atoms with van der Waals surface area (Å²) in [6.45, 7) is 1.60. The van der Waals surface area contributed by atoms with E-state index in [1.165, 1.54) is 21.4 Å². The Morgan fingerprint density at radius 3 is 3.00 bits per heavy atom. The Balaban J connectivity index is 1.53. The van der Waals surface area contributed by atoms with Crippen molar-refractivity contribution in [1.82, 2.24) is 19.5 Å². The van der Waals surface area contributed by atoms with Crippen molar-refractivity contribution in [1.29, 1.82) is 0 Å². The standard InChI is InChI=1S/C18H18N4OS2/c1-21-10-9-15-14(12-21)16(23)22-17(19-15)25-18(20-22)24-11-5-8-13-6-3-2-4-7-13/h2-8H,9-12H2,1H3/b8-5-. The van der Waals surface area contributed by atoms with E-state index < -0.39 is 0 Å². The van der Waals surface area contributed by atoms with Gasteiger partial charge in [0.05, 0.1) is 11.3 Å². The van der Waals surface area contributed by atoms with Gasteiger partial charge in [-0.1, -0.05) is 65.6 Å². The first-order valence-electron chi connectivity index (χ1n) is 8.15. The second-order valence-electron chi connectivity index (χ2n) is 6.02. The summed E-state index contributed by atoms with van der Waals surface area (Å²) in [5.41, 5.74) is 2.89. The first-order valence-corrected chi connectivity index (χ1v) is 9.95. The molecule has 25 heavy (non-hydrogen) atoms. The predicted molar refractivity (Wildman–Crippen MR) is 103 cm³/mol. The third-order valence-corrected chi connectivity index (χ3v) is 6.14. The summed E-state index contributed by atoms with van der Waals surface area (Å²) in [6, 6.07) is 10.2. The Morgan fingerprint density at radius 2 is 2.16 bits per heavy atom. The van der Waals surface area contributed by atoms with Crippen LogP contribution in [0.25, 0.3) is 11.0 Å². The maximum absolute atomic E-state index is 12.7. The highest BCUT2D eigenvalue weighted by Crippen LogP contribution is 2.25. The minimum atomic E-state index is -0.0190. The summed E-state index contributed by atoms with van der Waals surface area (Å²) in [7, 11) is 2.03. The van der Waals surface area contributed by atoms with Crippen LogP contribution < -0.4 is 5.56 Å². The second-order valence-corrected chi connectivity index (χ2v) is 8.24. The fourth-order valence-electron chi connectivity index (χ4n) is 2.84. The zero-order valence-electron chi connectivity index (χ0n) is 13.9. The van der Waals surface area contributed by atoms with E-state index >= 15 is 0 Å². The molecule has 0 saturated carbocycles. The van der Waals surface area contributed by atoms with Crippen molar-refractivity contribution < 1.29 is 0 Å². The average Bonchev–Trinajstić information content (AvgIpc) is 3.04. The number of thioether (sulfide) groups is 1. The normalized spacial score (nSPS) is 15.1. The molecule has 0 bridgehead atoms. The molecule has 1 aromatic carbocycles. The fraction of sp³-hybridized carbons (Fsp3) is 0.278. The van der Waals surface area contributed by atoms with Gasteiger partial charge in [0.1, 0.15) is 0 Å². The lowest BCUT2D eigenvalue weighted by Gasteiger charge is -2.22. The van der Waals surface area contributed by atoms with Gasteiger partial charge in [0, 0.05) is 25.3 Å². The number of aromatic nitrogens is 3. The van der Waals surface area contributed by atoms with E-state index in [9.17, 15) is 4.79 Å². The van der Waals surface area contributed by atoms with E-state index in [2.05, 4.69) is 39.3 Å². The Bertz CT molecular complexity index is 978. The molecule has 1 aliphatic heterocycles. The molecule has 3 heterocycles. The molecule has 2 aromatic heterocycles. The molecule has 0 amide bonds. The van der Waals surface area contributed by atoms with E-state index in [1.807, 2.05) is 25.2 Å². The molecule has 4 rings (SSSR count). The Hall–Kier alpha value is -1.96. The summed E-state index contributed by atoms with van der Waals surface area (Å²) >= 11 is 3.12. The Labute approximate surface area is 154 Å². The van der Waals surface area contributed by atoms with E-state index in [0.29, 0.717) is 11.5 Å². The van der Waals surface area contributed by atoms with Crippen molar-refractivity contribution in [2.45, 2.75) is 17.3 Å². The molecule has 0 N–H and O–H groups in total. The number of likely N-dealkylation sites (N-methyl/N-ethyl adjacent to an activating group) is 1. The van der Waals surface area contributed by atoms with Crippen molar-refractivity contribution >= 4 is 34.1 Å². The molecular formula is C18H18N4OS2. The van der Waals surface area contributed by atoms with Gasteiger partial charge in [-0.05, 0) is 12.6 Å². The zero-order chi connectivity index (χ0) is 17.2. The van der Waals surface area contributed by atoms with Crippen LogP contribution in [-0.4, -0.2) is 38.8 Å². The van der Waals surface area contributed by atoms with Gasteiger partial charge in [-0.15, -0.1) is 5.10 Å². The number of rotatable bonds is 4. The highest BCUT2D eigenvalue weighted by atomic mass is 32.2. The summed E-state index contributed by atoms with van der Waals surface area (Å²) in [5.74, 6) is 0.811. The van der Waals surface area contributed by atoms with Gasteiger partial charge in [0.15, 0.2) is 4.34 Å². The number of hydrogen-bond acceptors (Lipinski definition) is 6. The molecule has 1 aliphatic rings. The minimum absolute atomic E-state index is 0.0190. The Morgan fingerprint density at radius 1 is 1.32 bits per heavy atom. The highest BCUT2D eigenvalue weighted by Gasteiger charge is 2.21. The second kappa shape index (κ2) is 7.11. The molecule has 0 fully saturated rings. The van der Waals surface area contributed by atoms with Crippen LogP contribution in [0.15, 0.2) is 45.5 Å². The van der Waals surface area contributed by atoms with Crippen molar-refractivity contribution in [2.24, 2.45) is 0 Å². The maximum atomic E-state index is 12.7. The monoisotopic (exact) mass is 370 g/mol. The molecule has 3 aromatic rings. The van der Waals surface area contributed by atoms with Crippen LogP contribution in [0, 0.1) is 0 Å². The van der Waals surface area contributed by atoms with E-state index in [-0.39, 0.29) is 5.56 Å². The van der Waals surface area contributed by atoms with Gasteiger partial charge < -0.3 is 4.90 Å². The fourth-order valence-corrected chi connectivity index (χ4v) is 4.62. The maximum Gasteiger partial charge on any atom is 0.279 e. The van der Waals surface area contributed by atoms with Crippen LogP contribution in [0.1, 0.15) is 16.8 Å². The van der Waals surface area contributed by atoms with Gasteiger partial charge in [-0.25, -0.2) is 4.98 Å². The highest BCUT2D eigenvalue weighted by molar-refractivity contribution is 8.01. The zero-order valence-corrected chi connectivity index (χ0v) is 15.5. The first kappa shape index (κ1) is 16.5. The molecular weight excluding hydrogens is 352 g/mol. The summed E-state index contributed by atoms with van der Waals surface area (Å²) in [6.07, 6.45) is 5.04. The number of hydrogen-bond donors (Lipinski definition) is 0. The van der Waals surface area contributed by atoms with E-state index in [1.54, 1.807) is 11.8 Å². The number of nitrogens with zero attached hydrogens (tertiary/aromatic N) is 4. The van der Waals surface area contributed by atoms with Crippen LogP contribution in [0.3, 0.4) is 0 Å². The van der Waals surface area contributed by atoms with Crippen molar-refractivity contribution in [3.8, 4) is 0 Å². The lowest BCUT2D eigenvalue weighted by atomic mass is 10.1. The number of fused-ring (bicyclic) bond motifs is 2. The molecule has 0 atom stereocenters. The molecule has 0 saturated heterocycles. The van der Waals surface area contributed by atoms with Crippen LogP contribution >= 0.6 is 23.1 Å². The van der Waals surface area contributed by atoms with Crippen molar-refractivity contribution in [3.05, 3.63) is 63.6 Å². The topological polar surface area (TPSA) is 50.5 Å². The summed E-state index contributed by atoms with van der Waals surface area (Å²) < 4.78 is 2.34. The van der Waals surface area contributed by atoms with E-state index in [4.69, 9.17) is 0 Å². The van der Waals surface area contributed by atoms with Gasteiger partial charge in [-0.3, -0.25) is 4.79 Å². The lowest BCUT2D eigenvalue weighted by molar-refractivity contribution is 0.307. The molecule has 7 heteroatoms. The SMILES string of the molecule is CN1CCc2nc3sc(SC/C=C\c4ccccc4)nn3c(=O)c2C1. The predicted octanol–water partition coefficient (Wildman–Crippen LogP) is 2.94. The van der Waals surface area contributed by atoms with Crippen molar-refractivity contribution in [3.63, 3.8) is 0 Å². The molecule has 5 nitrogen and oxygen atoms in total. The molecule has 128 valence electrons. The number of benzene rings is 1. The van der Waals surface area contributed by atoms with Gasteiger partial charge in [0.25, 0.3) is 5.56 Å². The molecule has 0 unspecified atom stereocenters. The third-order valence-electron chi connectivity index (χ3n) is 4.14. The largest absolute Gasteiger partial charge is 0.301 e. The first-order chi connectivity index (χ1) is 12.2. The van der Waals surface area contributed by atoms with Crippen LogP contribution in [0.2, 0.25) is 0 Å². The molecule has 0 spiro atoms. The van der Waals surface area contributed by atoms with Crippen LogP contribution in [0.4, 0.5) is 0 Å². The van der Waals surface area contributed by atoms with Gasteiger partial charge >= 0.3 is 0 Å². The quantitative estimate of drug-likeness (QED) is 0.661. The average molecular weight is 371 g/mol. The summed E-state index contributed by atoms with van der Waals surface area (Å²) in [5, 5.41) is 4.46. The van der Waals surface area contributed by atoms with Gasteiger partial charge in [0.2, 0.25) is 4.96 Å². The summed E-state index contributed by atoms with van der Waals surface area (Å²) in [4.78, 5) is 20.2. The molecule has 0 radical (unpaired) electrons. The smallest absolute Gasteiger partial charge is 0.279 e. The molecule has 0 aliphatic carbocycles. The van der Waals surface area contributed by atoms with Crippen molar-refractivity contribution in [2.75, 3.05) is 19.3 Å². The Kier molecular flexibility index (Phi) is 4.70. The van der Waals surface area contributed by atoms with E-state index in [0.717, 1.165) is 34.3 Å². The lowest BCUT2D eigenvalue weighted by Crippen LogP contribution is -2.34.